The van der Waals surface area contributed by atoms with Crippen molar-refractivity contribution in [2.45, 2.75) is 32.6 Å². The van der Waals surface area contributed by atoms with Gasteiger partial charge in [-0.3, -0.25) is 4.79 Å². The molecular weight excluding hydrogens is 214 g/mol. The molecule has 0 unspecified atom stereocenters. The maximum Gasteiger partial charge on any atom is 0.227 e. The van der Waals surface area contributed by atoms with E-state index in [1.54, 1.807) is 0 Å². The van der Waals surface area contributed by atoms with Crippen LogP contribution in [0.5, 0.6) is 0 Å². The first-order valence-electron chi connectivity index (χ1n) is 6.63. The van der Waals surface area contributed by atoms with Gasteiger partial charge in [-0.15, -0.1) is 0 Å². The Morgan fingerprint density at radius 3 is 2.47 bits per heavy atom. The number of rotatable bonds is 5. The number of carbonyl (C=O) groups is 1. The van der Waals surface area contributed by atoms with E-state index in [9.17, 15) is 4.79 Å². The Labute approximate surface area is 105 Å². The summed E-state index contributed by atoms with van der Waals surface area (Å²) < 4.78 is 0. The molecule has 0 aromatic carbocycles. The van der Waals surface area contributed by atoms with Gasteiger partial charge in [-0.2, -0.15) is 0 Å². The minimum absolute atomic E-state index is 0.161. The fourth-order valence-electron chi connectivity index (χ4n) is 2.42. The van der Waals surface area contributed by atoms with Crippen molar-refractivity contribution in [2.75, 3.05) is 33.7 Å². The van der Waals surface area contributed by atoms with Crippen molar-refractivity contribution in [3.8, 4) is 0 Å². The lowest BCUT2D eigenvalue weighted by Gasteiger charge is -2.37. The molecule has 1 rings (SSSR count). The molecule has 3 N–H and O–H groups in total. The summed E-state index contributed by atoms with van der Waals surface area (Å²) in [6.45, 7) is 4.32. The fraction of sp³-hybridized carbons (Fsp3) is 0.923. The minimum Gasteiger partial charge on any atom is -0.354 e. The van der Waals surface area contributed by atoms with E-state index in [1.165, 1.54) is 0 Å². The number of hydrogen-bond donors (Lipinski definition) is 2. The molecule has 1 saturated carbocycles. The highest BCUT2D eigenvalue weighted by Gasteiger charge is 2.39. The summed E-state index contributed by atoms with van der Waals surface area (Å²) in [5.74, 6) is 0.901. The molecule has 0 saturated heterocycles. The van der Waals surface area contributed by atoms with Crippen LogP contribution >= 0.6 is 0 Å². The van der Waals surface area contributed by atoms with Crippen molar-refractivity contribution in [1.29, 1.82) is 0 Å². The van der Waals surface area contributed by atoms with Crippen LogP contribution in [0.15, 0.2) is 0 Å². The summed E-state index contributed by atoms with van der Waals surface area (Å²) in [5, 5.41) is 3.03. The molecule has 1 amide bonds. The molecule has 17 heavy (non-hydrogen) atoms. The number of nitrogens with two attached hydrogens (primary N) is 1. The lowest BCUT2D eigenvalue weighted by molar-refractivity contribution is -0.132. The van der Waals surface area contributed by atoms with Crippen LogP contribution in [0.2, 0.25) is 0 Å². The standard InChI is InChI=1S/C13H27N3O/c1-11-4-6-13(10-14,7-5-11)12(17)15-8-9-16(2)3/h11H,4-10,14H2,1-3H3,(H,15,17). The van der Waals surface area contributed by atoms with Gasteiger partial charge in [0.2, 0.25) is 5.91 Å². The Morgan fingerprint density at radius 2 is 2.00 bits per heavy atom. The van der Waals surface area contributed by atoms with E-state index >= 15 is 0 Å². The zero-order valence-corrected chi connectivity index (χ0v) is 11.5. The van der Waals surface area contributed by atoms with E-state index in [0.717, 1.165) is 38.1 Å². The molecule has 0 aromatic heterocycles. The molecule has 0 aromatic rings. The number of nitrogens with one attached hydrogen (secondary N) is 1. The molecule has 0 atom stereocenters. The second kappa shape index (κ2) is 6.36. The van der Waals surface area contributed by atoms with Crippen LogP contribution in [0.25, 0.3) is 0 Å². The molecule has 1 aliphatic carbocycles. The second-order valence-corrected chi connectivity index (χ2v) is 5.73. The summed E-state index contributed by atoms with van der Waals surface area (Å²) in [6, 6.07) is 0. The predicted octanol–water partition coefficient (Wildman–Crippen LogP) is 0.819. The summed E-state index contributed by atoms with van der Waals surface area (Å²) in [7, 11) is 4.01. The van der Waals surface area contributed by atoms with Crippen molar-refractivity contribution >= 4 is 5.91 Å². The molecule has 4 nitrogen and oxygen atoms in total. The zero-order chi connectivity index (χ0) is 12.9. The molecule has 1 fully saturated rings. The molecule has 100 valence electrons. The van der Waals surface area contributed by atoms with Crippen LogP contribution in [0.3, 0.4) is 0 Å². The van der Waals surface area contributed by atoms with Crippen molar-refractivity contribution in [2.24, 2.45) is 17.1 Å². The van der Waals surface area contributed by atoms with Gasteiger partial charge < -0.3 is 16.0 Å². The van der Waals surface area contributed by atoms with E-state index in [1.807, 2.05) is 14.1 Å². The average molecular weight is 241 g/mol. The van der Waals surface area contributed by atoms with Gasteiger partial charge in [0.1, 0.15) is 0 Å². The quantitative estimate of drug-likeness (QED) is 0.749. The maximum atomic E-state index is 12.2. The van der Waals surface area contributed by atoms with E-state index in [0.29, 0.717) is 13.1 Å². The normalized spacial score (nSPS) is 29.4. The van der Waals surface area contributed by atoms with Gasteiger partial charge in [-0.1, -0.05) is 6.92 Å². The first-order valence-corrected chi connectivity index (χ1v) is 6.63. The smallest absolute Gasteiger partial charge is 0.227 e. The van der Waals surface area contributed by atoms with Crippen molar-refractivity contribution in [3.63, 3.8) is 0 Å². The van der Waals surface area contributed by atoms with Crippen LogP contribution in [0.1, 0.15) is 32.6 Å². The Kier molecular flexibility index (Phi) is 5.40. The molecule has 0 bridgehead atoms. The van der Waals surface area contributed by atoms with E-state index in [2.05, 4.69) is 17.1 Å². The average Bonchev–Trinajstić information content (AvgIpc) is 2.30. The molecule has 0 heterocycles. The monoisotopic (exact) mass is 241 g/mol. The number of hydrogen-bond acceptors (Lipinski definition) is 3. The summed E-state index contributed by atoms with van der Waals surface area (Å²) in [6.07, 6.45) is 4.13. The van der Waals surface area contributed by atoms with Gasteiger partial charge in [0, 0.05) is 19.6 Å². The Morgan fingerprint density at radius 1 is 1.41 bits per heavy atom. The van der Waals surface area contributed by atoms with Crippen molar-refractivity contribution < 1.29 is 4.79 Å². The minimum atomic E-state index is -0.293. The van der Waals surface area contributed by atoms with Crippen LogP contribution in [0.4, 0.5) is 0 Å². The molecule has 0 spiro atoms. The van der Waals surface area contributed by atoms with Crippen molar-refractivity contribution in [1.82, 2.24) is 10.2 Å². The first-order chi connectivity index (χ1) is 8.00. The zero-order valence-electron chi connectivity index (χ0n) is 11.5. The number of amides is 1. The fourth-order valence-corrected chi connectivity index (χ4v) is 2.42. The SMILES string of the molecule is CC1CCC(CN)(C(=O)NCCN(C)C)CC1. The highest BCUT2D eigenvalue weighted by molar-refractivity contribution is 5.83. The lowest BCUT2D eigenvalue weighted by atomic mass is 9.70. The Hall–Kier alpha value is -0.610. The van der Waals surface area contributed by atoms with Gasteiger partial charge >= 0.3 is 0 Å². The number of carbonyl (C=O) groups excluding carboxylic acids is 1. The molecule has 1 aliphatic rings. The largest absolute Gasteiger partial charge is 0.354 e. The van der Waals surface area contributed by atoms with Crippen molar-refractivity contribution in [3.05, 3.63) is 0 Å². The predicted molar refractivity (Wildman–Crippen MR) is 70.7 cm³/mol. The summed E-state index contributed by atoms with van der Waals surface area (Å²) in [5.41, 5.74) is 5.55. The van der Waals surface area contributed by atoms with Gasteiger partial charge in [0.05, 0.1) is 5.41 Å². The third-order valence-electron chi connectivity index (χ3n) is 3.95. The van der Waals surface area contributed by atoms with E-state index < -0.39 is 0 Å². The van der Waals surface area contributed by atoms with Gasteiger partial charge in [0.25, 0.3) is 0 Å². The number of likely N-dealkylation sites (N-methyl/N-ethyl adjacent to an activating group) is 1. The summed E-state index contributed by atoms with van der Waals surface area (Å²) >= 11 is 0. The van der Waals surface area contributed by atoms with Crippen LogP contribution < -0.4 is 11.1 Å². The van der Waals surface area contributed by atoms with Gasteiger partial charge in [-0.05, 0) is 45.7 Å². The number of nitrogens with zero attached hydrogens (tertiary/aromatic N) is 1. The second-order valence-electron chi connectivity index (χ2n) is 5.73. The molecule has 0 aliphatic heterocycles. The summed E-state index contributed by atoms with van der Waals surface area (Å²) in [4.78, 5) is 14.3. The van der Waals surface area contributed by atoms with Gasteiger partial charge in [-0.25, -0.2) is 0 Å². The van der Waals surface area contributed by atoms with Crippen LogP contribution in [-0.2, 0) is 4.79 Å². The topological polar surface area (TPSA) is 58.4 Å². The third-order valence-corrected chi connectivity index (χ3v) is 3.95. The Bertz CT molecular complexity index is 245. The van der Waals surface area contributed by atoms with Crippen LogP contribution in [0, 0.1) is 11.3 Å². The molecule has 4 heteroatoms. The van der Waals surface area contributed by atoms with Gasteiger partial charge in [0.15, 0.2) is 0 Å². The highest BCUT2D eigenvalue weighted by atomic mass is 16.2. The maximum absolute atomic E-state index is 12.2. The highest BCUT2D eigenvalue weighted by Crippen LogP contribution is 2.38. The third kappa shape index (κ3) is 3.96. The molecule has 0 radical (unpaired) electrons. The lowest BCUT2D eigenvalue weighted by Crippen LogP contribution is -2.49. The molecular formula is C13H27N3O. The Balaban J connectivity index is 2.46. The van der Waals surface area contributed by atoms with Crippen LogP contribution in [-0.4, -0.2) is 44.5 Å². The first kappa shape index (κ1) is 14.5. The van der Waals surface area contributed by atoms with E-state index in [4.69, 9.17) is 5.73 Å². The van der Waals surface area contributed by atoms with E-state index in [-0.39, 0.29) is 11.3 Å².